The lowest BCUT2D eigenvalue weighted by molar-refractivity contribution is 0.256. The SMILES string of the molecule is CCNC(=NCCCN1CCN(c2cccc(Cl)c2)CC1)NC1CCc2ncnn2C1.I. The fraction of sp³-hybridized carbons (Fsp3) is 0.591. The molecule has 176 valence electrons. The van der Waals surface area contributed by atoms with E-state index in [1.165, 1.54) is 5.69 Å². The Morgan fingerprint density at radius 3 is 2.88 bits per heavy atom. The van der Waals surface area contributed by atoms with Crippen LogP contribution in [0.5, 0.6) is 0 Å². The second kappa shape index (κ2) is 12.6. The Morgan fingerprint density at radius 2 is 2.09 bits per heavy atom. The van der Waals surface area contributed by atoms with Crippen molar-refractivity contribution in [3.05, 3.63) is 41.4 Å². The van der Waals surface area contributed by atoms with Gasteiger partial charge in [-0.2, -0.15) is 5.10 Å². The van der Waals surface area contributed by atoms with Gasteiger partial charge in [0, 0.05) is 69.0 Å². The molecule has 1 atom stereocenters. The minimum absolute atomic E-state index is 0. The molecule has 0 radical (unpaired) electrons. The van der Waals surface area contributed by atoms with E-state index in [9.17, 15) is 0 Å². The van der Waals surface area contributed by atoms with Crippen molar-refractivity contribution in [3.63, 3.8) is 0 Å². The highest BCUT2D eigenvalue weighted by molar-refractivity contribution is 14.0. The Morgan fingerprint density at radius 1 is 1.25 bits per heavy atom. The molecule has 32 heavy (non-hydrogen) atoms. The van der Waals surface area contributed by atoms with Gasteiger partial charge in [-0.3, -0.25) is 9.89 Å². The zero-order chi connectivity index (χ0) is 21.5. The van der Waals surface area contributed by atoms with Crippen LogP contribution in [0.1, 0.15) is 25.6 Å². The summed E-state index contributed by atoms with van der Waals surface area (Å²) in [6.45, 7) is 9.96. The first-order valence-corrected chi connectivity index (χ1v) is 11.7. The molecule has 0 spiro atoms. The van der Waals surface area contributed by atoms with Crippen LogP contribution in [-0.4, -0.2) is 77.5 Å². The molecule has 1 aromatic heterocycles. The number of aromatic nitrogens is 3. The Hall–Kier alpha value is -1.59. The van der Waals surface area contributed by atoms with Crippen LogP contribution in [0, 0.1) is 0 Å². The summed E-state index contributed by atoms with van der Waals surface area (Å²) in [6.07, 6.45) is 4.72. The van der Waals surface area contributed by atoms with Crippen molar-refractivity contribution in [2.45, 2.75) is 38.8 Å². The monoisotopic (exact) mass is 572 g/mol. The first-order chi connectivity index (χ1) is 15.2. The summed E-state index contributed by atoms with van der Waals surface area (Å²) < 4.78 is 1.99. The molecule has 4 rings (SSSR count). The van der Waals surface area contributed by atoms with Crippen LogP contribution >= 0.6 is 35.6 Å². The van der Waals surface area contributed by atoms with E-state index in [0.717, 1.165) is 88.4 Å². The van der Waals surface area contributed by atoms with Crippen LogP contribution < -0.4 is 15.5 Å². The molecule has 2 aliphatic rings. The first-order valence-electron chi connectivity index (χ1n) is 11.4. The molecule has 8 nitrogen and oxygen atoms in total. The molecule has 0 bridgehead atoms. The van der Waals surface area contributed by atoms with Crippen LogP contribution in [0.25, 0.3) is 0 Å². The molecule has 1 fully saturated rings. The van der Waals surface area contributed by atoms with E-state index in [2.05, 4.69) is 49.6 Å². The summed E-state index contributed by atoms with van der Waals surface area (Å²) >= 11 is 6.14. The molecule has 2 aliphatic heterocycles. The predicted molar refractivity (Wildman–Crippen MR) is 141 cm³/mol. The summed E-state index contributed by atoms with van der Waals surface area (Å²) in [5.74, 6) is 1.98. The molecular formula is C22H34ClIN8. The zero-order valence-electron chi connectivity index (χ0n) is 18.7. The highest BCUT2D eigenvalue weighted by atomic mass is 127. The van der Waals surface area contributed by atoms with Crippen LogP contribution in [0.3, 0.4) is 0 Å². The van der Waals surface area contributed by atoms with Crippen LogP contribution in [0.2, 0.25) is 5.02 Å². The largest absolute Gasteiger partial charge is 0.369 e. The molecule has 1 aromatic carbocycles. The molecule has 0 saturated carbocycles. The minimum Gasteiger partial charge on any atom is -0.369 e. The lowest BCUT2D eigenvalue weighted by Crippen LogP contribution is -2.47. The summed E-state index contributed by atoms with van der Waals surface area (Å²) in [6, 6.07) is 8.49. The Labute approximate surface area is 212 Å². The number of guanidine groups is 1. The van der Waals surface area contributed by atoms with Crippen molar-refractivity contribution in [3.8, 4) is 0 Å². The van der Waals surface area contributed by atoms with E-state index >= 15 is 0 Å². The number of benzene rings is 1. The van der Waals surface area contributed by atoms with Gasteiger partial charge in [-0.15, -0.1) is 24.0 Å². The number of aryl methyl sites for hydroxylation is 1. The maximum Gasteiger partial charge on any atom is 0.191 e. The third-order valence-corrected chi connectivity index (χ3v) is 6.17. The number of piperazine rings is 1. The van der Waals surface area contributed by atoms with Crippen LogP contribution in [-0.2, 0) is 13.0 Å². The lowest BCUT2D eigenvalue weighted by atomic mass is 10.1. The van der Waals surface area contributed by atoms with Crippen LogP contribution in [0.4, 0.5) is 5.69 Å². The van der Waals surface area contributed by atoms with E-state index in [4.69, 9.17) is 16.6 Å². The molecule has 10 heteroatoms. The fourth-order valence-corrected chi connectivity index (χ4v) is 4.44. The molecule has 2 aromatic rings. The van der Waals surface area contributed by atoms with E-state index in [1.54, 1.807) is 6.33 Å². The summed E-state index contributed by atoms with van der Waals surface area (Å²) in [5, 5.41) is 12.1. The average Bonchev–Trinajstić information content (AvgIpc) is 3.25. The smallest absolute Gasteiger partial charge is 0.191 e. The van der Waals surface area contributed by atoms with E-state index in [0.29, 0.717) is 6.04 Å². The number of anilines is 1. The third kappa shape index (κ3) is 6.95. The number of halogens is 2. The number of hydrogen-bond donors (Lipinski definition) is 2. The highest BCUT2D eigenvalue weighted by Crippen LogP contribution is 2.20. The van der Waals surface area contributed by atoms with Gasteiger partial charge in [0.2, 0.25) is 0 Å². The average molecular weight is 573 g/mol. The molecule has 0 amide bonds. The second-order valence-corrected chi connectivity index (χ2v) is 8.60. The van der Waals surface area contributed by atoms with Crippen molar-refractivity contribution in [1.29, 1.82) is 0 Å². The molecule has 1 saturated heterocycles. The van der Waals surface area contributed by atoms with Crippen molar-refractivity contribution in [2.75, 3.05) is 50.7 Å². The lowest BCUT2D eigenvalue weighted by Gasteiger charge is -2.36. The van der Waals surface area contributed by atoms with Gasteiger partial charge < -0.3 is 15.5 Å². The molecule has 2 N–H and O–H groups in total. The molecule has 0 aliphatic carbocycles. The maximum absolute atomic E-state index is 6.14. The number of nitrogens with one attached hydrogen (secondary N) is 2. The van der Waals surface area contributed by atoms with E-state index in [-0.39, 0.29) is 24.0 Å². The minimum atomic E-state index is 0. The zero-order valence-corrected chi connectivity index (χ0v) is 21.8. The summed E-state index contributed by atoms with van der Waals surface area (Å²) in [4.78, 5) is 14.1. The standard InChI is InChI=1S/C22H33ClN8.HI/c1-2-24-22(28-19-7-8-21-26-17-27-31(21)16-19)25-9-4-10-29-11-13-30(14-12-29)20-6-3-5-18(23)15-20;/h3,5-6,15,17,19H,2,4,7-14,16H2,1H3,(H2,24,25,28);1H. The topological polar surface area (TPSA) is 73.6 Å². The normalized spacial score (nSPS) is 19.2. The Bertz CT molecular complexity index is 865. The molecule has 3 heterocycles. The number of hydrogen-bond acceptors (Lipinski definition) is 5. The molecule has 1 unspecified atom stereocenters. The second-order valence-electron chi connectivity index (χ2n) is 8.16. The Kier molecular flexibility index (Phi) is 9.86. The third-order valence-electron chi connectivity index (χ3n) is 5.94. The van der Waals surface area contributed by atoms with Gasteiger partial charge in [0.25, 0.3) is 0 Å². The van der Waals surface area contributed by atoms with Crippen molar-refractivity contribution >= 4 is 47.2 Å². The first kappa shape index (κ1) is 25.0. The van der Waals surface area contributed by atoms with Crippen LogP contribution in [0.15, 0.2) is 35.6 Å². The van der Waals surface area contributed by atoms with Gasteiger partial charge in [-0.25, -0.2) is 9.67 Å². The number of nitrogens with zero attached hydrogens (tertiary/aromatic N) is 6. The Balaban J connectivity index is 0.00000289. The van der Waals surface area contributed by atoms with Gasteiger partial charge in [-0.1, -0.05) is 17.7 Å². The predicted octanol–water partition coefficient (Wildman–Crippen LogP) is 2.63. The molecular weight excluding hydrogens is 539 g/mol. The number of fused-ring (bicyclic) bond motifs is 1. The van der Waals surface area contributed by atoms with Crippen molar-refractivity contribution in [1.82, 2.24) is 30.3 Å². The summed E-state index contributed by atoms with van der Waals surface area (Å²) in [5.41, 5.74) is 1.22. The van der Waals surface area contributed by atoms with E-state index < -0.39 is 0 Å². The van der Waals surface area contributed by atoms with E-state index in [1.807, 2.05) is 16.8 Å². The van der Waals surface area contributed by atoms with Crippen molar-refractivity contribution < 1.29 is 0 Å². The van der Waals surface area contributed by atoms with Gasteiger partial charge in [0.05, 0.1) is 6.54 Å². The number of rotatable bonds is 7. The quantitative estimate of drug-likeness (QED) is 0.230. The van der Waals surface area contributed by atoms with Gasteiger partial charge in [0.15, 0.2) is 5.96 Å². The van der Waals surface area contributed by atoms with Gasteiger partial charge in [0.1, 0.15) is 12.2 Å². The summed E-state index contributed by atoms with van der Waals surface area (Å²) in [7, 11) is 0. The fourth-order valence-electron chi connectivity index (χ4n) is 4.26. The van der Waals surface area contributed by atoms with Crippen molar-refractivity contribution in [2.24, 2.45) is 4.99 Å². The highest BCUT2D eigenvalue weighted by Gasteiger charge is 2.20. The number of aliphatic imine (C=N–C) groups is 1. The maximum atomic E-state index is 6.14. The van der Waals surface area contributed by atoms with Gasteiger partial charge in [-0.05, 0) is 38.0 Å². The van der Waals surface area contributed by atoms with Gasteiger partial charge >= 0.3 is 0 Å².